The Bertz CT molecular complexity index is 1310. The van der Waals surface area contributed by atoms with Gasteiger partial charge in [-0.05, 0) is 41.2 Å². The molecular weight excluding hydrogens is 455 g/mol. The molecule has 2 atom stereocenters. The molecule has 0 N–H and O–H groups in total. The molecule has 4 aromatic rings. The molecule has 0 heterocycles. The van der Waals surface area contributed by atoms with E-state index in [2.05, 4.69) is 43.3 Å². The van der Waals surface area contributed by atoms with Crippen molar-refractivity contribution in [1.29, 1.82) is 0 Å². The van der Waals surface area contributed by atoms with Gasteiger partial charge in [0.2, 0.25) is 5.82 Å². The number of aryl methyl sites for hydroxylation is 1. The number of halogens is 5. The zero-order chi connectivity index (χ0) is 25.1. The molecule has 2 unspecified atom stereocenters. The van der Waals surface area contributed by atoms with Crippen LogP contribution in [0.2, 0.25) is 0 Å². The number of hydrogen-bond donors (Lipinski definition) is 0. The molecule has 0 bridgehead atoms. The van der Waals surface area contributed by atoms with Gasteiger partial charge in [0.15, 0.2) is 23.3 Å². The predicted octanol–water partition coefficient (Wildman–Crippen LogP) is 8.80. The van der Waals surface area contributed by atoms with Gasteiger partial charge in [-0.3, -0.25) is 0 Å². The molecule has 35 heavy (non-hydrogen) atoms. The highest BCUT2D eigenvalue weighted by atomic mass is 19.2. The van der Waals surface area contributed by atoms with Gasteiger partial charge in [-0.25, -0.2) is 22.0 Å². The predicted molar refractivity (Wildman–Crippen MR) is 129 cm³/mol. The average molecular weight is 479 g/mol. The van der Waals surface area contributed by atoms with Gasteiger partial charge in [-0.2, -0.15) is 0 Å². The molecule has 0 nitrogen and oxygen atoms in total. The summed E-state index contributed by atoms with van der Waals surface area (Å²) in [6.07, 6.45) is 2.22. The molecule has 0 amide bonds. The first-order valence-corrected chi connectivity index (χ1v) is 11.2. The van der Waals surface area contributed by atoms with Crippen LogP contribution < -0.4 is 0 Å². The van der Waals surface area contributed by atoms with Gasteiger partial charge in [0.25, 0.3) is 0 Å². The number of benzene rings is 4. The fourth-order valence-electron chi connectivity index (χ4n) is 4.25. The minimum atomic E-state index is -2.17. The second-order valence-corrected chi connectivity index (χ2v) is 8.57. The molecule has 178 valence electrons. The van der Waals surface area contributed by atoms with Crippen LogP contribution >= 0.6 is 0 Å². The fourth-order valence-corrected chi connectivity index (χ4v) is 4.25. The van der Waals surface area contributed by atoms with Crippen molar-refractivity contribution in [3.8, 4) is 0 Å². The van der Waals surface area contributed by atoms with Gasteiger partial charge < -0.3 is 0 Å². The monoisotopic (exact) mass is 478 g/mol. The average Bonchev–Trinajstić information content (AvgIpc) is 2.89. The molecule has 0 saturated carbocycles. The Morgan fingerprint density at radius 3 is 1.57 bits per heavy atom. The normalized spacial score (nSPS) is 13.2. The second kappa shape index (κ2) is 10.3. The molecule has 0 saturated heterocycles. The van der Waals surface area contributed by atoms with E-state index in [9.17, 15) is 22.0 Å². The van der Waals surface area contributed by atoms with E-state index in [4.69, 9.17) is 0 Å². The Kier molecular flexibility index (Phi) is 7.15. The largest absolute Gasteiger partial charge is 0.203 e. The van der Waals surface area contributed by atoms with E-state index in [0.29, 0.717) is 5.56 Å². The highest BCUT2D eigenvalue weighted by Gasteiger charge is 2.25. The van der Waals surface area contributed by atoms with Crippen LogP contribution in [0, 0.1) is 36.0 Å². The van der Waals surface area contributed by atoms with E-state index >= 15 is 0 Å². The molecule has 4 rings (SSSR count). The summed E-state index contributed by atoms with van der Waals surface area (Å²) in [5.41, 5.74) is 4.13. The van der Waals surface area contributed by atoms with Gasteiger partial charge in [0, 0.05) is 5.92 Å². The standard InChI is InChI=1S/C30H23F5/c1-18-8-13-22(14-9-18)25(19(2)21-6-4-3-5-7-21)23-15-10-20(11-16-23)12-17-24-26(31)28(33)30(35)29(34)27(24)32/h3-17,19,25H,1-2H3/b17-12+. The van der Waals surface area contributed by atoms with Gasteiger partial charge >= 0.3 is 0 Å². The van der Waals surface area contributed by atoms with Crippen LogP contribution in [0.5, 0.6) is 0 Å². The van der Waals surface area contributed by atoms with Gasteiger partial charge in [-0.15, -0.1) is 0 Å². The Hall–Kier alpha value is -3.73. The molecule has 0 spiro atoms. The lowest BCUT2D eigenvalue weighted by Gasteiger charge is -2.26. The van der Waals surface area contributed by atoms with Gasteiger partial charge in [-0.1, -0.05) is 97.4 Å². The third-order valence-corrected chi connectivity index (χ3v) is 6.24. The topological polar surface area (TPSA) is 0 Å². The molecular formula is C30H23F5. The minimum Gasteiger partial charge on any atom is -0.203 e. The van der Waals surface area contributed by atoms with E-state index in [1.54, 1.807) is 12.1 Å². The molecule has 4 aromatic carbocycles. The second-order valence-electron chi connectivity index (χ2n) is 8.57. The third kappa shape index (κ3) is 5.04. The lowest BCUT2D eigenvalue weighted by atomic mass is 9.78. The Labute approximate surface area is 201 Å². The van der Waals surface area contributed by atoms with Crippen molar-refractivity contribution in [2.75, 3.05) is 0 Å². The van der Waals surface area contributed by atoms with E-state index < -0.39 is 34.6 Å². The maximum Gasteiger partial charge on any atom is 0.200 e. The van der Waals surface area contributed by atoms with Gasteiger partial charge in [0.1, 0.15) is 0 Å². The molecule has 0 fully saturated rings. The van der Waals surface area contributed by atoms with Crippen molar-refractivity contribution in [3.05, 3.63) is 141 Å². The zero-order valence-electron chi connectivity index (χ0n) is 19.2. The summed E-state index contributed by atoms with van der Waals surface area (Å²) in [5.74, 6) is -9.60. The number of hydrogen-bond acceptors (Lipinski definition) is 0. The zero-order valence-corrected chi connectivity index (χ0v) is 19.2. The van der Waals surface area contributed by atoms with Crippen molar-refractivity contribution in [2.45, 2.75) is 25.7 Å². The quantitative estimate of drug-likeness (QED) is 0.112. The summed E-state index contributed by atoms with van der Waals surface area (Å²) in [5, 5.41) is 0. The fraction of sp³-hybridized carbons (Fsp3) is 0.133. The van der Waals surface area contributed by atoms with Crippen LogP contribution in [-0.2, 0) is 0 Å². The Balaban J connectivity index is 1.68. The lowest BCUT2D eigenvalue weighted by molar-refractivity contribution is 0.377. The van der Waals surface area contributed by atoms with Crippen LogP contribution in [0.15, 0.2) is 78.9 Å². The first-order valence-electron chi connectivity index (χ1n) is 11.2. The summed E-state index contributed by atoms with van der Waals surface area (Å²) in [6.45, 7) is 4.20. The van der Waals surface area contributed by atoms with Crippen molar-refractivity contribution in [2.24, 2.45) is 0 Å². The molecule has 0 aromatic heterocycles. The van der Waals surface area contributed by atoms with Crippen molar-refractivity contribution < 1.29 is 22.0 Å². The van der Waals surface area contributed by atoms with Crippen LogP contribution in [0.4, 0.5) is 22.0 Å². The highest BCUT2D eigenvalue weighted by Crippen LogP contribution is 2.38. The summed E-state index contributed by atoms with van der Waals surface area (Å²) in [4.78, 5) is 0. The van der Waals surface area contributed by atoms with E-state index in [-0.39, 0.29) is 11.8 Å². The SMILES string of the molecule is Cc1ccc(C(c2ccc(/C=C/c3c(F)c(F)c(F)c(F)c3F)cc2)C(C)c2ccccc2)cc1. The van der Waals surface area contributed by atoms with Crippen molar-refractivity contribution in [3.63, 3.8) is 0 Å². The summed E-state index contributed by atoms with van der Waals surface area (Å²) < 4.78 is 68.2. The third-order valence-electron chi connectivity index (χ3n) is 6.24. The lowest BCUT2D eigenvalue weighted by Crippen LogP contribution is -2.10. The summed E-state index contributed by atoms with van der Waals surface area (Å²) in [6, 6.07) is 25.9. The van der Waals surface area contributed by atoms with Crippen molar-refractivity contribution >= 4 is 12.2 Å². The molecule has 0 radical (unpaired) electrons. The first-order chi connectivity index (χ1) is 16.8. The van der Waals surface area contributed by atoms with Crippen LogP contribution in [-0.4, -0.2) is 0 Å². The van der Waals surface area contributed by atoms with Crippen molar-refractivity contribution in [1.82, 2.24) is 0 Å². The van der Waals surface area contributed by atoms with Crippen LogP contribution in [0.3, 0.4) is 0 Å². The smallest absolute Gasteiger partial charge is 0.200 e. The Morgan fingerprint density at radius 2 is 1.03 bits per heavy atom. The van der Waals surface area contributed by atoms with Crippen LogP contribution in [0.25, 0.3) is 12.2 Å². The highest BCUT2D eigenvalue weighted by molar-refractivity contribution is 5.70. The van der Waals surface area contributed by atoms with E-state index in [0.717, 1.165) is 22.8 Å². The maximum atomic E-state index is 14.0. The summed E-state index contributed by atoms with van der Waals surface area (Å²) >= 11 is 0. The molecule has 0 aliphatic heterocycles. The van der Waals surface area contributed by atoms with Gasteiger partial charge in [0.05, 0.1) is 5.56 Å². The molecule has 0 aliphatic rings. The summed E-state index contributed by atoms with van der Waals surface area (Å²) in [7, 11) is 0. The first kappa shape index (κ1) is 24.4. The van der Waals surface area contributed by atoms with E-state index in [1.807, 2.05) is 37.3 Å². The number of rotatable bonds is 6. The van der Waals surface area contributed by atoms with Crippen LogP contribution in [0.1, 0.15) is 52.1 Å². The maximum absolute atomic E-state index is 14.0. The molecule has 5 heteroatoms. The van der Waals surface area contributed by atoms with E-state index in [1.165, 1.54) is 11.6 Å². The Morgan fingerprint density at radius 1 is 0.543 bits per heavy atom. The minimum absolute atomic E-state index is 0.0474. The molecule has 0 aliphatic carbocycles.